The fourth-order valence-electron chi connectivity index (χ4n) is 2.12. The summed E-state index contributed by atoms with van der Waals surface area (Å²) < 4.78 is 10.5. The van der Waals surface area contributed by atoms with Crippen LogP contribution in [0.1, 0.15) is 79.1 Å². The number of carbonyl (C=O) groups is 2. The van der Waals surface area contributed by atoms with Gasteiger partial charge in [0.1, 0.15) is 0 Å². The third-order valence-corrected chi connectivity index (χ3v) is 3.26. The van der Waals surface area contributed by atoms with E-state index in [9.17, 15) is 9.59 Å². The van der Waals surface area contributed by atoms with Crippen molar-refractivity contribution in [1.29, 1.82) is 0 Å². The number of ether oxygens (including phenoxy) is 2. The summed E-state index contributed by atoms with van der Waals surface area (Å²) in [5, 5.41) is 0. The molecule has 0 spiro atoms. The van der Waals surface area contributed by atoms with E-state index in [1.54, 1.807) is 0 Å². The summed E-state index contributed by atoms with van der Waals surface area (Å²) in [5.74, 6) is -0.710. The first kappa shape index (κ1) is 20.7. The van der Waals surface area contributed by atoms with Crippen LogP contribution in [0.2, 0.25) is 0 Å². The number of esters is 2. The van der Waals surface area contributed by atoms with Crippen molar-refractivity contribution in [3.63, 3.8) is 0 Å². The molecule has 0 aliphatic heterocycles. The molecule has 0 heterocycles. The maximum atomic E-state index is 12.3. The normalized spacial score (nSPS) is 11.8. The SMILES string of the molecule is CCCCCC(C(=O)OCCC)=C(CCC)C(=O)OCCC. The number of carbonyl (C=O) groups excluding carboxylic acids is 2. The van der Waals surface area contributed by atoms with Crippen LogP contribution in [0.3, 0.4) is 0 Å². The van der Waals surface area contributed by atoms with Crippen LogP contribution in [0.25, 0.3) is 0 Å². The molecule has 0 rings (SSSR count). The quantitative estimate of drug-likeness (QED) is 0.301. The van der Waals surface area contributed by atoms with E-state index in [1.807, 2.05) is 20.8 Å². The molecule has 0 aromatic carbocycles. The van der Waals surface area contributed by atoms with Crippen LogP contribution in [0, 0.1) is 0 Å². The Morgan fingerprint density at radius 1 is 0.636 bits per heavy atom. The zero-order chi connectivity index (χ0) is 16.8. The second-order valence-electron chi connectivity index (χ2n) is 5.44. The van der Waals surface area contributed by atoms with Crippen LogP contribution in [0.15, 0.2) is 11.1 Å². The Labute approximate surface area is 135 Å². The third-order valence-electron chi connectivity index (χ3n) is 3.26. The summed E-state index contributed by atoms with van der Waals surface area (Å²) in [5.41, 5.74) is 1.03. The van der Waals surface area contributed by atoms with Gasteiger partial charge in [-0.2, -0.15) is 0 Å². The molecule has 128 valence electrons. The fourth-order valence-corrected chi connectivity index (χ4v) is 2.12. The highest BCUT2D eigenvalue weighted by Gasteiger charge is 2.22. The minimum absolute atomic E-state index is 0.352. The summed E-state index contributed by atoms with van der Waals surface area (Å²) in [6.45, 7) is 8.79. The van der Waals surface area contributed by atoms with Crippen LogP contribution >= 0.6 is 0 Å². The molecule has 0 aliphatic carbocycles. The molecule has 0 unspecified atom stereocenters. The van der Waals surface area contributed by atoms with E-state index in [-0.39, 0.29) is 11.9 Å². The Hall–Kier alpha value is -1.32. The van der Waals surface area contributed by atoms with Gasteiger partial charge in [-0.1, -0.05) is 47.0 Å². The molecule has 4 nitrogen and oxygen atoms in total. The number of hydrogen-bond donors (Lipinski definition) is 0. The standard InChI is InChI=1S/C18H32O4/c1-5-9-10-12-16(18(20)22-14-8-4)15(11-6-2)17(19)21-13-7-3/h5-14H2,1-4H3. The van der Waals surface area contributed by atoms with E-state index in [2.05, 4.69) is 6.92 Å². The first-order valence-corrected chi connectivity index (χ1v) is 8.68. The van der Waals surface area contributed by atoms with E-state index < -0.39 is 0 Å². The van der Waals surface area contributed by atoms with Crippen molar-refractivity contribution in [2.75, 3.05) is 13.2 Å². The summed E-state index contributed by atoms with van der Waals surface area (Å²) in [7, 11) is 0. The van der Waals surface area contributed by atoms with Crippen molar-refractivity contribution in [2.45, 2.75) is 79.1 Å². The summed E-state index contributed by atoms with van der Waals surface area (Å²) in [4.78, 5) is 24.6. The number of hydrogen-bond acceptors (Lipinski definition) is 4. The molecule has 0 saturated carbocycles. The minimum atomic E-state index is -0.358. The van der Waals surface area contributed by atoms with Crippen LogP contribution in [0.4, 0.5) is 0 Å². The van der Waals surface area contributed by atoms with Crippen molar-refractivity contribution < 1.29 is 19.1 Å². The molecule has 22 heavy (non-hydrogen) atoms. The monoisotopic (exact) mass is 312 g/mol. The van der Waals surface area contributed by atoms with Gasteiger partial charge in [-0.3, -0.25) is 0 Å². The number of unbranched alkanes of at least 4 members (excludes halogenated alkanes) is 2. The van der Waals surface area contributed by atoms with Gasteiger partial charge in [-0.15, -0.1) is 0 Å². The molecule has 0 fully saturated rings. The van der Waals surface area contributed by atoms with Crippen LogP contribution in [-0.4, -0.2) is 25.2 Å². The van der Waals surface area contributed by atoms with Crippen molar-refractivity contribution >= 4 is 11.9 Å². The van der Waals surface area contributed by atoms with Gasteiger partial charge in [-0.25, -0.2) is 9.59 Å². The lowest BCUT2D eigenvalue weighted by Crippen LogP contribution is -2.17. The van der Waals surface area contributed by atoms with Crippen molar-refractivity contribution in [3.8, 4) is 0 Å². The van der Waals surface area contributed by atoms with E-state index in [0.29, 0.717) is 37.2 Å². The highest BCUT2D eigenvalue weighted by atomic mass is 16.5. The third kappa shape index (κ3) is 8.20. The molecule has 0 aliphatic rings. The highest BCUT2D eigenvalue weighted by molar-refractivity contribution is 6.00. The van der Waals surface area contributed by atoms with Gasteiger partial charge in [0.05, 0.1) is 13.2 Å². The van der Waals surface area contributed by atoms with E-state index in [1.165, 1.54) is 0 Å². The zero-order valence-corrected chi connectivity index (χ0v) is 14.7. The van der Waals surface area contributed by atoms with E-state index >= 15 is 0 Å². The predicted molar refractivity (Wildman–Crippen MR) is 88.6 cm³/mol. The van der Waals surface area contributed by atoms with Gasteiger partial charge in [0, 0.05) is 11.1 Å². The van der Waals surface area contributed by atoms with Crippen molar-refractivity contribution in [1.82, 2.24) is 0 Å². The topological polar surface area (TPSA) is 52.6 Å². The van der Waals surface area contributed by atoms with E-state index in [0.717, 1.165) is 38.5 Å². The minimum Gasteiger partial charge on any atom is -0.462 e. The van der Waals surface area contributed by atoms with Gasteiger partial charge in [0.2, 0.25) is 0 Å². The maximum Gasteiger partial charge on any atom is 0.334 e. The molecule has 0 atom stereocenters. The molecule has 0 bridgehead atoms. The molecule has 0 radical (unpaired) electrons. The fraction of sp³-hybridized carbons (Fsp3) is 0.778. The molecule has 0 amide bonds. The van der Waals surface area contributed by atoms with Gasteiger partial charge >= 0.3 is 11.9 Å². The van der Waals surface area contributed by atoms with Gasteiger partial charge < -0.3 is 9.47 Å². The lowest BCUT2D eigenvalue weighted by Gasteiger charge is -2.14. The van der Waals surface area contributed by atoms with Crippen LogP contribution in [0.5, 0.6) is 0 Å². The molecular formula is C18H32O4. The van der Waals surface area contributed by atoms with Gasteiger partial charge in [-0.05, 0) is 32.1 Å². The molecular weight excluding hydrogens is 280 g/mol. The molecule has 0 aromatic heterocycles. The van der Waals surface area contributed by atoms with Crippen LogP contribution < -0.4 is 0 Å². The van der Waals surface area contributed by atoms with Gasteiger partial charge in [0.25, 0.3) is 0 Å². The highest BCUT2D eigenvalue weighted by Crippen LogP contribution is 2.21. The molecule has 0 saturated heterocycles. The lowest BCUT2D eigenvalue weighted by molar-refractivity contribution is -0.142. The lowest BCUT2D eigenvalue weighted by atomic mass is 9.98. The Morgan fingerprint density at radius 2 is 1.14 bits per heavy atom. The smallest absolute Gasteiger partial charge is 0.334 e. The summed E-state index contributed by atoms with van der Waals surface area (Å²) in [6.07, 6.45) is 6.50. The first-order valence-electron chi connectivity index (χ1n) is 8.68. The van der Waals surface area contributed by atoms with Gasteiger partial charge in [0.15, 0.2) is 0 Å². The first-order chi connectivity index (χ1) is 10.6. The molecule has 4 heteroatoms. The predicted octanol–water partition coefficient (Wildman–Crippen LogP) is 4.57. The summed E-state index contributed by atoms with van der Waals surface area (Å²) >= 11 is 0. The van der Waals surface area contributed by atoms with Crippen molar-refractivity contribution in [2.24, 2.45) is 0 Å². The zero-order valence-electron chi connectivity index (χ0n) is 14.7. The largest absolute Gasteiger partial charge is 0.462 e. The summed E-state index contributed by atoms with van der Waals surface area (Å²) in [6, 6.07) is 0. The maximum absolute atomic E-state index is 12.3. The molecule has 0 N–H and O–H groups in total. The average molecular weight is 312 g/mol. The number of rotatable bonds is 12. The average Bonchev–Trinajstić information content (AvgIpc) is 2.52. The second kappa shape index (κ2) is 13.4. The van der Waals surface area contributed by atoms with E-state index in [4.69, 9.17) is 9.47 Å². The second-order valence-corrected chi connectivity index (χ2v) is 5.44. The Kier molecular flexibility index (Phi) is 12.5. The van der Waals surface area contributed by atoms with Crippen LogP contribution in [-0.2, 0) is 19.1 Å². The Morgan fingerprint density at radius 3 is 1.55 bits per heavy atom. The Balaban J connectivity index is 5.24. The Bertz CT molecular complexity index is 358. The van der Waals surface area contributed by atoms with Crippen molar-refractivity contribution in [3.05, 3.63) is 11.1 Å². The molecule has 0 aromatic rings.